The number of fused-ring (bicyclic) bond motifs is 5. The Morgan fingerprint density at radius 3 is 2.37 bits per heavy atom. The van der Waals surface area contributed by atoms with Gasteiger partial charge in [-0.05, 0) is 116 Å². The number of nitrogens with zero attached hydrogens (tertiary/aromatic N) is 4. The summed E-state index contributed by atoms with van der Waals surface area (Å²) in [5.41, 5.74) is 8.47. The minimum atomic E-state index is 0.0369. The van der Waals surface area contributed by atoms with Gasteiger partial charge in [-0.15, -0.1) is 0 Å². The third kappa shape index (κ3) is 5.03. The normalized spacial score (nSPS) is 18.9. The molecule has 10 rings (SSSR count). The second-order valence-electron chi connectivity index (χ2n) is 14.5. The fourth-order valence-corrected chi connectivity index (χ4v) is 8.61. The molecule has 252 valence electrons. The Balaban J connectivity index is 1.01. The van der Waals surface area contributed by atoms with Crippen LogP contribution in [-0.2, 0) is 17.8 Å². The molecule has 8 nitrogen and oxygen atoms in total. The van der Waals surface area contributed by atoms with Gasteiger partial charge in [-0.3, -0.25) is 14.6 Å². The molecule has 2 N–H and O–H groups in total. The molecule has 5 aromatic carbocycles. The highest BCUT2D eigenvalue weighted by molar-refractivity contribution is 6.08. The van der Waals surface area contributed by atoms with E-state index >= 15 is 0 Å². The molecule has 0 radical (unpaired) electrons. The lowest BCUT2D eigenvalue weighted by Gasteiger charge is -2.35. The first-order chi connectivity index (χ1) is 25.0. The summed E-state index contributed by atoms with van der Waals surface area (Å²) in [5.74, 6) is 0.981. The third-order valence-corrected chi connectivity index (χ3v) is 11.5. The number of hydrogen-bond donors (Lipinski definition) is 2. The number of aromatic nitrogens is 1. The number of aromatic hydroxyl groups is 1. The first-order valence-electron chi connectivity index (χ1n) is 18.1. The van der Waals surface area contributed by atoms with Crippen LogP contribution in [0.4, 0.5) is 0 Å². The van der Waals surface area contributed by atoms with E-state index in [4.69, 9.17) is 0 Å². The van der Waals surface area contributed by atoms with Gasteiger partial charge in [-0.25, -0.2) is 0 Å². The highest BCUT2D eigenvalue weighted by Gasteiger charge is 2.35. The summed E-state index contributed by atoms with van der Waals surface area (Å²) in [6.07, 6.45) is 8.17. The van der Waals surface area contributed by atoms with E-state index in [9.17, 15) is 14.7 Å². The van der Waals surface area contributed by atoms with Crippen LogP contribution in [0.1, 0.15) is 52.2 Å². The van der Waals surface area contributed by atoms with Gasteiger partial charge >= 0.3 is 0 Å². The summed E-state index contributed by atoms with van der Waals surface area (Å²) < 4.78 is 0. The molecule has 2 amide bonds. The van der Waals surface area contributed by atoms with Gasteiger partial charge in [-0.1, -0.05) is 48.5 Å². The van der Waals surface area contributed by atoms with Gasteiger partial charge in [0.25, 0.3) is 5.91 Å². The van der Waals surface area contributed by atoms with Gasteiger partial charge < -0.3 is 20.3 Å². The lowest BCUT2D eigenvalue weighted by atomic mass is 9.84. The zero-order valence-corrected chi connectivity index (χ0v) is 28.2. The monoisotopic (exact) mass is 671 g/mol. The molecule has 1 saturated heterocycles. The van der Waals surface area contributed by atoms with Crippen LogP contribution in [0.5, 0.6) is 5.75 Å². The third-order valence-electron chi connectivity index (χ3n) is 11.5. The van der Waals surface area contributed by atoms with Gasteiger partial charge in [0, 0.05) is 55.2 Å². The average Bonchev–Trinajstić information content (AvgIpc) is 4.03. The van der Waals surface area contributed by atoms with Crippen LogP contribution in [-0.4, -0.2) is 57.9 Å². The molecule has 8 heteroatoms. The second kappa shape index (κ2) is 11.7. The van der Waals surface area contributed by atoms with Crippen molar-refractivity contribution in [1.29, 1.82) is 0 Å². The summed E-state index contributed by atoms with van der Waals surface area (Å²) >= 11 is 0. The van der Waals surface area contributed by atoms with Crippen LogP contribution in [0.15, 0.2) is 90.2 Å². The van der Waals surface area contributed by atoms with Crippen LogP contribution >= 0.6 is 0 Å². The predicted molar refractivity (Wildman–Crippen MR) is 197 cm³/mol. The Morgan fingerprint density at radius 2 is 1.55 bits per heavy atom. The topological polar surface area (TPSA) is 98.1 Å². The maximum Gasteiger partial charge on any atom is 0.253 e. The van der Waals surface area contributed by atoms with Gasteiger partial charge in [0.15, 0.2) is 0 Å². The van der Waals surface area contributed by atoms with Gasteiger partial charge in [0.2, 0.25) is 5.91 Å². The number of aryl methyl sites for hydroxylation is 1. The molecule has 0 bridgehead atoms. The van der Waals surface area contributed by atoms with Crippen LogP contribution in [0.25, 0.3) is 38.5 Å². The molecule has 1 atom stereocenters. The first-order valence-corrected chi connectivity index (χ1v) is 18.1. The lowest BCUT2D eigenvalue weighted by Crippen LogP contribution is -2.51. The number of piperazine rings is 1. The molecule has 6 aromatic rings. The summed E-state index contributed by atoms with van der Waals surface area (Å²) in [4.78, 5) is 34.2. The van der Waals surface area contributed by atoms with Crippen molar-refractivity contribution in [2.75, 3.05) is 26.2 Å². The lowest BCUT2D eigenvalue weighted by molar-refractivity contribution is -0.134. The quantitative estimate of drug-likeness (QED) is 0.247. The van der Waals surface area contributed by atoms with Crippen LogP contribution in [0, 0.1) is 16.4 Å². The van der Waals surface area contributed by atoms with E-state index in [1.807, 2.05) is 46.2 Å². The van der Waals surface area contributed by atoms with E-state index in [2.05, 4.69) is 64.1 Å². The molecule has 2 aliphatic carbocycles. The largest absolute Gasteiger partial charge is 0.508 e. The maximum absolute atomic E-state index is 13.4. The molecule has 2 aliphatic heterocycles. The Hall–Kier alpha value is -5.76. The zero-order chi connectivity index (χ0) is 34.2. The molecule has 2 fully saturated rings. The van der Waals surface area contributed by atoms with Crippen molar-refractivity contribution in [1.82, 2.24) is 20.2 Å². The van der Waals surface area contributed by atoms with E-state index in [0.717, 1.165) is 74.1 Å². The van der Waals surface area contributed by atoms with Gasteiger partial charge in [0.1, 0.15) is 5.75 Å². The SMILES string of the molecule is O=C(c1ccc(C2C=c3c(ccc4c3ccc3c(=c5ccc6nccc7c6c5CNN=7)cc(O)cc34)CC2)cc1)N1CCN(C(=O)C2CC2)CC1. The van der Waals surface area contributed by atoms with Gasteiger partial charge in [-0.2, -0.15) is 5.10 Å². The summed E-state index contributed by atoms with van der Waals surface area (Å²) in [5, 5.41) is 25.3. The summed E-state index contributed by atoms with van der Waals surface area (Å²) in [6.45, 7) is 3.01. The number of amides is 2. The minimum Gasteiger partial charge on any atom is -0.508 e. The van der Waals surface area contributed by atoms with Crippen molar-refractivity contribution >= 4 is 50.3 Å². The minimum absolute atomic E-state index is 0.0369. The van der Waals surface area contributed by atoms with Crippen molar-refractivity contribution < 1.29 is 14.7 Å². The highest BCUT2D eigenvalue weighted by Crippen LogP contribution is 2.34. The van der Waals surface area contributed by atoms with E-state index in [1.54, 1.807) is 6.20 Å². The van der Waals surface area contributed by atoms with Crippen molar-refractivity contribution in [3.05, 3.63) is 128 Å². The number of phenolic OH excluding ortho intramolecular Hbond substituents is 1. The smallest absolute Gasteiger partial charge is 0.253 e. The average molecular weight is 672 g/mol. The molecule has 4 aliphatic rings. The molecule has 1 unspecified atom stereocenters. The highest BCUT2D eigenvalue weighted by atomic mass is 16.3. The van der Waals surface area contributed by atoms with Crippen molar-refractivity contribution in [3.63, 3.8) is 0 Å². The van der Waals surface area contributed by atoms with Crippen LogP contribution in [0.3, 0.4) is 0 Å². The summed E-state index contributed by atoms with van der Waals surface area (Å²) in [6, 6.07) is 26.9. The number of phenols is 1. The number of carbonyl (C=O) groups is 2. The van der Waals surface area contributed by atoms with Crippen molar-refractivity contribution in [2.24, 2.45) is 11.0 Å². The molecule has 0 spiro atoms. The van der Waals surface area contributed by atoms with Crippen LogP contribution in [0.2, 0.25) is 0 Å². The second-order valence-corrected chi connectivity index (χ2v) is 14.5. The Morgan fingerprint density at radius 1 is 0.765 bits per heavy atom. The van der Waals surface area contributed by atoms with E-state index in [-0.39, 0.29) is 29.4 Å². The number of rotatable bonds is 3. The zero-order valence-electron chi connectivity index (χ0n) is 28.2. The van der Waals surface area contributed by atoms with E-state index < -0.39 is 0 Å². The number of benzene rings is 5. The van der Waals surface area contributed by atoms with E-state index in [0.29, 0.717) is 38.3 Å². The maximum atomic E-state index is 13.4. The Labute approximate surface area is 294 Å². The first kappa shape index (κ1) is 30.1. The van der Waals surface area contributed by atoms with Crippen molar-refractivity contribution in [3.8, 4) is 5.75 Å². The number of hydrogen-bond acceptors (Lipinski definition) is 6. The molecule has 1 saturated carbocycles. The van der Waals surface area contributed by atoms with E-state index in [1.165, 1.54) is 21.7 Å². The van der Waals surface area contributed by atoms with Gasteiger partial charge in [0.05, 0.1) is 17.4 Å². The standard InChI is InChI=1S/C43H37N5O3/c49-30-22-36-32-10-9-26-3-8-29(25-1-4-27(5-2-25)42(50)47-17-19-48(20-18-47)43(51)28-6-7-28)21-35(26)31(32)11-12-33(36)37(23-30)34-13-14-39-41-38(34)24-45-46-40(41)15-16-44-39/h1-2,4-5,9-16,21-23,28-29,45,49H,3,6-8,17-20,24H2. The number of pyridine rings is 1. The van der Waals surface area contributed by atoms with Crippen molar-refractivity contribution in [2.45, 2.75) is 38.1 Å². The molecular weight excluding hydrogens is 635 g/mol. The fraction of sp³-hybridized carbons (Fsp3) is 0.256. The molecule has 1 aromatic heterocycles. The molecule has 3 heterocycles. The summed E-state index contributed by atoms with van der Waals surface area (Å²) in [7, 11) is 0. The predicted octanol–water partition coefficient (Wildman–Crippen LogP) is 5.38. The Bertz CT molecular complexity index is 2680. The number of carbonyl (C=O) groups excluding carboxylic acids is 2. The fourth-order valence-electron chi connectivity index (χ4n) is 8.61. The molecular formula is C43H37N5O3. The molecule has 51 heavy (non-hydrogen) atoms. The van der Waals surface area contributed by atoms with Crippen LogP contribution < -0.4 is 16.0 Å². The Kier molecular flexibility index (Phi) is 6.88. The number of nitrogens with one attached hydrogen (secondary N) is 1.